The number of hydrogen-bond acceptors (Lipinski definition) is 3. The van der Waals surface area contributed by atoms with Crippen molar-refractivity contribution in [3.63, 3.8) is 0 Å². The van der Waals surface area contributed by atoms with Crippen LogP contribution in [0.4, 0.5) is 0 Å². The molecule has 2 aliphatic rings. The molecule has 35 heavy (non-hydrogen) atoms. The number of rotatable bonds is 5. The molecule has 1 fully saturated rings. The summed E-state index contributed by atoms with van der Waals surface area (Å²) < 4.78 is 5.88. The Morgan fingerprint density at radius 3 is 2.43 bits per heavy atom. The van der Waals surface area contributed by atoms with Crippen LogP contribution in [0.2, 0.25) is 0 Å². The summed E-state index contributed by atoms with van der Waals surface area (Å²) >= 11 is 0. The van der Waals surface area contributed by atoms with E-state index in [1.807, 2.05) is 25.7 Å². The van der Waals surface area contributed by atoms with Gasteiger partial charge in [-0.05, 0) is 79.1 Å². The molecule has 2 atom stereocenters. The zero-order valence-electron chi connectivity index (χ0n) is 21.3. The number of carbonyl (C=O) groups excluding carboxylic acids is 2. The molecule has 0 N–H and O–H groups in total. The van der Waals surface area contributed by atoms with Crippen LogP contribution in [0.3, 0.4) is 0 Å². The van der Waals surface area contributed by atoms with Gasteiger partial charge in [0.2, 0.25) is 6.41 Å². The molecule has 0 bridgehead atoms. The lowest BCUT2D eigenvalue weighted by molar-refractivity contribution is -0.162. The Morgan fingerprint density at radius 2 is 1.69 bits per heavy atom. The first-order chi connectivity index (χ1) is 16.9. The number of carbonyl (C=O) groups is 2. The van der Waals surface area contributed by atoms with E-state index in [1.165, 1.54) is 51.9 Å². The fraction of sp³-hybridized carbons (Fsp3) is 0.484. The van der Waals surface area contributed by atoms with Crippen LogP contribution in [0.15, 0.2) is 48.5 Å². The van der Waals surface area contributed by atoms with Crippen molar-refractivity contribution in [2.24, 2.45) is 5.92 Å². The van der Waals surface area contributed by atoms with Gasteiger partial charge in [-0.25, -0.2) is 0 Å². The summed E-state index contributed by atoms with van der Waals surface area (Å²) in [6, 6.07) is 17.7. The van der Waals surface area contributed by atoms with E-state index >= 15 is 0 Å². The van der Waals surface area contributed by atoms with Crippen LogP contribution in [-0.2, 0) is 20.7 Å². The van der Waals surface area contributed by atoms with Gasteiger partial charge in [0, 0.05) is 18.5 Å². The van der Waals surface area contributed by atoms with Gasteiger partial charge in [0.1, 0.15) is 5.60 Å². The Hall–Kier alpha value is -2.88. The fourth-order valence-electron chi connectivity index (χ4n) is 6.31. The highest BCUT2D eigenvalue weighted by Crippen LogP contribution is 2.43. The van der Waals surface area contributed by atoms with Crippen molar-refractivity contribution in [2.75, 3.05) is 6.54 Å². The highest BCUT2D eigenvalue weighted by molar-refractivity contribution is 6.08. The summed E-state index contributed by atoms with van der Waals surface area (Å²) in [6.45, 7) is 6.35. The minimum absolute atomic E-state index is 0.0587. The van der Waals surface area contributed by atoms with Crippen molar-refractivity contribution in [3.05, 3.63) is 59.7 Å². The number of aryl methyl sites for hydroxylation is 1. The molecule has 0 aromatic heterocycles. The van der Waals surface area contributed by atoms with Crippen molar-refractivity contribution in [3.8, 4) is 0 Å². The SMILES string of the molecule is CC(C)(C)OC(=O)C1CCc2c(ccc3c2ccc2ccccc23)[C@@H]1CN(C=O)C1CCCCC1. The Morgan fingerprint density at radius 1 is 0.943 bits per heavy atom. The number of fused-ring (bicyclic) bond motifs is 5. The summed E-state index contributed by atoms with van der Waals surface area (Å²) in [6.07, 6.45) is 8.30. The Balaban J connectivity index is 1.57. The maximum absolute atomic E-state index is 13.4. The van der Waals surface area contributed by atoms with Crippen molar-refractivity contribution in [1.82, 2.24) is 4.90 Å². The van der Waals surface area contributed by atoms with Crippen LogP contribution in [0.1, 0.15) is 76.3 Å². The predicted molar refractivity (Wildman–Crippen MR) is 141 cm³/mol. The van der Waals surface area contributed by atoms with Crippen LogP contribution >= 0.6 is 0 Å². The second kappa shape index (κ2) is 9.64. The number of amides is 1. The average molecular weight is 472 g/mol. The normalized spacial score (nSPS) is 21.0. The molecule has 0 spiro atoms. The standard InChI is InChI=1S/C31H37NO3/c1-31(2,3)35-30(34)28-18-17-26-25-14-13-21-9-7-8-12-23(21)24(25)15-16-27(26)29(28)19-32(20-33)22-10-5-4-6-11-22/h7-9,12-16,20,22,28-29H,4-6,10-11,17-19H2,1-3H3/t28?,29-/m0/s1. The zero-order chi connectivity index (χ0) is 24.6. The van der Waals surface area contributed by atoms with E-state index in [2.05, 4.69) is 48.5 Å². The lowest BCUT2D eigenvalue weighted by Crippen LogP contribution is -2.43. The summed E-state index contributed by atoms with van der Waals surface area (Å²) in [7, 11) is 0. The van der Waals surface area contributed by atoms with Gasteiger partial charge in [0.15, 0.2) is 0 Å². The maximum atomic E-state index is 13.4. The fourth-order valence-corrected chi connectivity index (χ4v) is 6.31. The lowest BCUT2D eigenvalue weighted by atomic mass is 9.73. The first-order valence-corrected chi connectivity index (χ1v) is 13.2. The van der Waals surface area contributed by atoms with E-state index in [1.54, 1.807) is 0 Å². The average Bonchev–Trinajstić information content (AvgIpc) is 2.86. The first kappa shape index (κ1) is 23.8. The summed E-state index contributed by atoms with van der Waals surface area (Å²) in [5, 5.41) is 5.03. The van der Waals surface area contributed by atoms with E-state index in [9.17, 15) is 9.59 Å². The Kier molecular flexibility index (Phi) is 6.57. The van der Waals surface area contributed by atoms with Crippen molar-refractivity contribution < 1.29 is 14.3 Å². The smallest absolute Gasteiger partial charge is 0.310 e. The monoisotopic (exact) mass is 471 g/mol. The van der Waals surface area contributed by atoms with Gasteiger partial charge in [0.05, 0.1) is 5.92 Å². The van der Waals surface area contributed by atoms with Gasteiger partial charge in [0.25, 0.3) is 0 Å². The second-order valence-electron chi connectivity index (χ2n) is 11.4. The third-order valence-electron chi connectivity index (χ3n) is 7.96. The Bertz CT molecular complexity index is 1240. The van der Waals surface area contributed by atoms with Crippen molar-refractivity contribution >= 4 is 33.9 Å². The zero-order valence-corrected chi connectivity index (χ0v) is 21.3. The van der Waals surface area contributed by atoms with Crippen molar-refractivity contribution in [1.29, 1.82) is 0 Å². The van der Waals surface area contributed by atoms with Crippen LogP contribution in [0, 0.1) is 5.92 Å². The van der Waals surface area contributed by atoms with Crippen LogP contribution in [0.25, 0.3) is 21.5 Å². The van der Waals surface area contributed by atoms with Gasteiger partial charge in [-0.3, -0.25) is 9.59 Å². The molecule has 0 aliphatic heterocycles. The largest absolute Gasteiger partial charge is 0.460 e. The van der Waals surface area contributed by atoms with Gasteiger partial charge in [-0.2, -0.15) is 0 Å². The highest BCUT2D eigenvalue weighted by Gasteiger charge is 2.39. The molecule has 1 unspecified atom stereocenters. The number of hydrogen-bond donors (Lipinski definition) is 0. The number of esters is 1. The molecule has 1 amide bonds. The van der Waals surface area contributed by atoms with Crippen LogP contribution in [0.5, 0.6) is 0 Å². The molecule has 0 heterocycles. The molecule has 4 heteroatoms. The van der Waals surface area contributed by atoms with Crippen molar-refractivity contribution in [2.45, 2.75) is 83.3 Å². The molecule has 4 nitrogen and oxygen atoms in total. The molecule has 3 aromatic rings. The summed E-state index contributed by atoms with van der Waals surface area (Å²) in [5.74, 6) is -0.441. The number of benzene rings is 3. The van der Waals surface area contributed by atoms with Gasteiger partial charge < -0.3 is 9.64 Å². The van der Waals surface area contributed by atoms with Gasteiger partial charge in [-0.15, -0.1) is 0 Å². The van der Waals surface area contributed by atoms with E-state index in [4.69, 9.17) is 4.74 Å². The molecule has 1 saturated carbocycles. The molecule has 5 rings (SSSR count). The first-order valence-electron chi connectivity index (χ1n) is 13.2. The topological polar surface area (TPSA) is 46.6 Å². The van der Waals surface area contributed by atoms with Gasteiger partial charge in [-0.1, -0.05) is 67.8 Å². The van der Waals surface area contributed by atoms with E-state index in [0.717, 1.165) is 32.1 Å². The summed E-state index contributed by atoms with van der Waals surface area (Å²) in [4.78, 5) is 27.6. The molecule has 0 radical (unpaired) electrons. The lowest BCUT2D eigenvalue weighted by Gasteiger charge is -2.39. The third-order valence-corrected chi connectivity index (χ3v) is 7.96. The van der Waals surface area contributed by atoms with E-state index in [0.29, 0.717) is 6.54 Å². The van der Waals surface area contributed by atoms with E-state index in [-0.39, 0.29) is 23.8 Å². The third kappa shape index (κ3) is 4.80. The minimum Gasteiger partial charge on any atom is -0.460 e. The molecule has 3 aromatic carbocycles. The Labute approximate surface area is 208 Å². The molecule has 184 valence electrons. The summed E-state index contributed by atoms with van der Waals surface area (Å²) in [5.41, 5.74) is 2.00. The molecular formula is C31H37NO3. The van der Waals surface area contributed by atoms with Crippen LogP contribution in [-0.4, -0.2) is 35.5 Å². The minimum atomic E-state index is -0.530. The molecular weight excluding hydrogens is 434 g/mol. The second-order valence-corrected chi connectivity index (χ2v) is 11.4. The number of ether oxygens (including phenoxy) is 1. The number of nitrogens with zero attached hydrogens (tertiary/aromatic N) is 1. The highest BCUT2D eigenvalue weighted by atomic mass is 16.6. The van der Waals surface area contributed by atoms with Gasteiger partial charge >= 0.3 is 5.97 Å². The molecule has 0 saturated heterocycles. The molecule has 2 aliphatic carbocycles. The van der Waals surface area contributed by atoms with E-state index < -0.39 is 5.60 Å². The maximum Gasteiger partial charge on any atom is 0.310 e. The predicted octanol–water partition coefficient (Wildman–Crippen LogP) is 6.77. The van der Waals surface area contributed by atoms with Crippen LogP contribution < -0.4 is 0 Å². The quantitative estimate of drug-likeness (QED) is 0.234.